The number of nitrogens with one attached hydrogen (secondary N) is 2. The van der Waals surface area contributed by atoms with Crippen LogP contribution >= 0.6 is 34.8 Å². The molecule has 1 aromatic heterocycles. The Morgan fingerprint density at radius 3 is 2.44 bits per heavy atom. The number of aromatic nitrogens is 2. The number of carbonyl (C=O) groups is 3. The Hall–Kier alpha value is -4.37. The number of hydrogen-bond acceptors (Lipinski definition) is 9. The molecule has 2 saturated heterocycles. The normalized spacial score (nSPS) is 25.9. The van der Waals surface area contributed by atoms with E-state index in [9.17, 15) is 24.6 Å². The van der Waals surface area contributed by atoms with Gasteiger partial charge in [0.25, 0.3) is 5.91 Å². The number of nitrogens with zero attached hydrogens (tertiary/aromatic N) is 4. The number of aromatic hydroxyl groups is 1. The molecule has 9 rings (SSSR count). The maximum absolute atomic E-state index is 13.7. The molecule has 3 fully saturated rings. The highest BCUT2D eigenvalue weighted by molar-refractivity contribution is 6.35. The van der Waals surface area contributed by atoms with Crippen molar-refractivity contribution in [3.63, 3.8) is 0 Å². The van der Waals surface area contributed by atoms with Crippen LogP contribution in [0.15, 0.2) is 54.6 Å². The maximum Gasteiger partial charge on any atom is 0.272 e. The fourth-order valence-corrected chi connectivity index (χ4v) is 11.1. The molecule has 0 unspecified atom stereocenters. The number of amides is 3. The van der Waals surface area contributed by atoms with Crippen LogP contribution in [-0.4, -0.2) is 117 Å². The number of hydrogen-bond donors (Lipinski definition) is 4. The maximum atomic E-state index is 13.7. The highest BCUT2D eigenvalue weighted by Gasteiger charge is 2.72. The molecule has 2 aliphatic carbocycles. The van der Waals surface area contributed by atoms with Crippen LogP contribution in [0.1, 0.15) is 59.3 Å². The van der Waals surface area contributed by atoms with Gasteiger partial charge in [-0.15, -0.1) is 0 Å². The minimum absolute atomic E-state index is 0.0391. The van der Waals surface area contributed by atoms with Crippen LogP contribution in [0.3, 0.4) is 0 Å². The van der Waals surface area contributed by atoms with Crippen molar-refractivity contribution in [1.82, 2.24) is 30.2 Å². The lowest BCUT2D eigenvalue weighted by Crippen LogP contribution is -2.77. The van der Waals surface area contributed by atoms with Gasteiger partial charge in [-0.2, -0.15) is 5.10 Å². The standard InChI is InChI=1S/C43H45Cl3N6O7/c1-23-37(49-52(31-9-8-27(45)20-29(31)46)38(23)24-3-6-26(44)7-4-24)41(56)47-28-12-16-51(17-13-28)35(55)22-58-21-34(54)48-30-11-14-43(57)33-19-25-5-10-32(53)39-36(25)42(43,40(30)59-39)15-18-50(33)2/h3-10,20,28,30,33,40,53,57H,11-19,21-22H2,1-2H3,(H,47,56)(H,48,54)/t30-,33+,40-,42-,43+/m0/s1. The zero-order valence-electron chi connectivity index (χ0n) is 32.6. The second-order valence-corrected chi connectivity index (χ2v) is 17.8. The number of aliphatic hydroxyl groups is 1. The second kappa shape index (κ2) is 15.3. The number of carbonyl (C=O) groups excluding carboxylic acids is 3. The number of likely N-dealkylation sites (N-methyl/N-ethyl adjacent to an activating group) is 1. The number of rotatable bonds is 9. The van der Waals surface area contributed by atoms with Crippen LogP contribution in [0.2, 0.25) is 15.1 Å². The summed E-state index contributed by atoms with van der Waals surface area (Å²) in [6, 6.07) is 15.2. The third-order valence-corrected chi connectivity index (χ3v) is 14.1. The van der Waals surface area contributed by atoms with E-state index in [0.29, 0.717) is 89.4 Å². The first-order chi connectivity index (χ1) is 28.3. The lowest BCUT2D eigenvalue weighted by atomic mass is 9.48. The quantitative estimate of drug-likeness (QED) is 0.177. The smallest absolute Gasteiger partial charge is 0.272 e. The Bertz CT molecular complexity index is 2350. The topological polar surface area (TPSA) is 158 Å². The molecule has 1 saturated carbocycles. The monoisotopic (exact) mass is 862 g/mol. The number of phenolic OH excluding ortho intramolecular Hbond substituents is 1. The third-order valence-electron chi connectivity index (χ3n) is 13.3. The highest BCUT2D eigenvalue weighted by Crippen LogP contribution is 2.65. The van der Waals surface area contributed by atoms with Crippen molar-refractivity contribution >= 4 is 52.5 Å². The number of benzene rings is 3. The van der Waals surface area contributed by atoms with Gasteiger partial charge in [0.2, 0.25) is 11.8 Å². The van der Waals surface area contributed by atoms with Crippen molar-refractivity contribution in [2.75, 3.05) is 39.9 Å². The molecule has 3 aromatic carbocycles. The van der Waals surface area contributed by atoms with Gasteiger partial charge in [0.15, 0.2) is 17.2 Å². The van der Waals surface area contributed by atoms with Crippen LogP contribution in [-0.2, 0) is 26.2 Å². The minimum atomic E-state index is -1.06. The molecule has 59 heavy (non-hydrogen) atoms. The van der Waals surface area contributed by atoms with Gasteiger partial charge in [-0.3, -0.25) is 14.4 Å². The summed E-state index contributed by atoms with van der Waals surface area (Å²) in [4.78, 5) is 44.1. The molecule has 5 atom stereocenters. The Labute approximate surface area is 356 Å². The summed E-state index contributed by atoms with van der Waals surface area (Å²) in [5, 5.41) is 35.5. The lowest BCUT2D eigenvalue weighted by molar-refractivity contribution is -0.187. The molecular formula is C43H45Cl3N6O7. The largest absolute Gasteiger partial charge is 0.504 e. The van der Waals surface area contributed by atoms with Gasteiger partial charge in [0.1, 0.15) is 19.3 Å². The van der Waals surface area contributed by atoms with E-state index in [1.807, 2.05) is 32.2 Å². The molecule has 310 valence electrons. The number of phenols is 1. The van der Waals surface area contributed by atoms with Crippen LogP contribution in [0, 0.1) is 6.92 Å². The van der Waals surface area contributed by atoms with Gasteiger partial charge in [-0.05, 0) is 101 Å². The molecule has 4 aromatic rings. The Kier molecular flexibility index (Phi) is 10.4. The molecule has 5 aliphatic rings. The van der Waals surface area contributed by atoms with E-state index >= 15 is 0 Å². The average molecular weight is 864 g/mol. The number of halogens is 3. The third kappa shape index (κ3) is 6.65. The molecule has 16 heteroatoms. The van der Waals surface area contributed by atoms with E-state index in [1.165, 1.54) is 0 Å². The zero-order chi connectivity index (χ0) is 41.4. The van der Waals surface area contributed by atoms with Crippen LogP contribution in [0.4, 0.5) is 0 Å². The summed E-state index contributed by atoms with van der Waals surface area (Å²) in [6.45, 7) is 2.81. The van der Waals surface area contributed by atoms with E-state index in [2.05, 4.69) is 15.5 Å². The van der Waals surface area contributed by atoms with Crippen molar-refractivity contribution in [2.24, 2.45) is 0 Å². The number of ether oxygens (including phenoxy) is 2. The minimum Gasteiger partial charge on any atom is -0.504 e. The molecule has 4 N–H and O–H groups in total. The van der Waals surface area contributed by atoms with Crippen molar-refractivity contribution in [1.29, 1.82) is 0 Å². The van der Waals surface area contributed by atoms with E-state index < -0.39 is 23.2 Å². The highest BCUT2D eigenvalue weighted by atomic mass is 35.5. The summed E-state index contributed by atoms with van der Waals surface area (Å²) < 4.78 is 13.8. The Morgan fingerprint density at radius 2 is 1.69 bits per heavy atom. The number of likely N-dealkylation sites (tertiary alicyclic amines) is 2. The predicted octanol–water partition coefficient (Wildman–Crippen LogP) is 5.22. The van der Waals surface area contributed by atoms with Crippen LogP contribution in [0.5, 0.6) is 11.5 Å². The van der Waals surface area contributed by atoms with Crippen LogP contribution in [0.25, 0.3) is 16.9 Å². The summed E-state index contributed by atoms with van der Waals surface area (Å²) >= 11 is 18.9. The van der Waals surface area contributed by atoms with Gasteiger partial charge in [0, 0.05) is 51.9 Å². The molecule has 0 radical (unpaired) electrons. The Balaban J connectivity index is 0.792. The lowest BCUT2D eigenvalue weighted by Gasteiger charge is -2.63. The predicted molar refractivity (Wildman–Crippen MR) is 222 cm³/mol. The molecule has 13 nitrogen and oxygen atoms in total. The summed E-state index contributed by atoms with van der Waals surface area (Å²) in [5.74, 6) is -0.522. The molecule has 4 heterocycles. The second-order valence-electron chi connectivity index (χ2n) is 16.5. The Morgan fingerprint density at radius 1 is 0.949 bits per heavy atom. The summed E-state index contributed by atoms with van der Waals surface area (Å²) in [6.07, 6.45) is 2.77. The molecule has 1 spiro atoms. The summed E-state index contributed by atoms with van der Waals surface area (Å²) in [5.41, 5.74) is 3.09. The van der Waals surface area contributed by atoms with Crippen molar-refractivity contribution < 1.29 is 34.1 Å². The van der Waals surface area contributed by atoms with Gasteiger partial charge in [-0.25, -0.2) is 4.68 Å². The number of piperidine rings is 2. The van der Waals surface area contributed by atoms with E-state index in [1.54, 1.807) is 46.0 Å². The first-order valence-corrected chi connectivity index (χ1v) is 21.1. The molecule has 3 aliphatic heterocycles. The first-order valence-electron chi connectivity index (χ1n) is 20.0. The fraction of sp³-hybridized carbons (Fsp3) is 0.442. The van der Waals surface area contributed by atoms with E-state index in [-0.39, 0.29) is 54.5 Å². The van der Waals surface area contributed by atoms with Crippen molar-refractivity contribution in [2.45, 2.75) is 80.7 Å². The van der Waals surface area contributed by atoms with Crippen molar-refractivity contribution in [3.8, 4) is 28.4 Å². The van der Waals surface area contributed by atoms with Crippen molar-refractivity contribution in [3.05, 3.63) is 92.0 Å². The van der Waals surface area contributed by atoms with Gasteiger partial charge < -0.3 is 40.1 Å². The van der Waals surface area contributed by atoms with Gasteiger partial charge in [0.05, 0.1) is 33.5 Å². The molecule has 2 bridgehead atoms. The molecule has 3 amide bonds. The first kappa shape index (κ1) is 40.1. The van der Waals surface area contributed by atoms with Crippen LogP contribution < -0.4 is 15.4 Å². The molecular weight excluding hydrogens is 819 g/mol. The SMILES string of the molecule is Cc1c(C(=O)NC2CCN(C(=O)COCC(=O)N[C@H]3CC[C@@]4(O)[C@H]5Cc6ccc(O)c7c6[C@@]4(CCN5C)[C@H]3O7)CC2)nn(-c2ccc(Cl)cc2Cl)c1-c1ccc(Cl)cc1. The fourth-order valence-electron chi connectivity index (χ4n) is 10.5. The van der Waals surface area contributed by atoms with E-state index in [0.717, 1.165) is 23.2 Å². The van der Waals surface area contributed by atoms with Gasteiger partial charge in [-0.1, -0.05) is 53.0 Å². The zero-order valence-corrected chi connectivity index (χ0v) is 34.9. The average Bonchev–Trinajstić information content (AvgIpc) is 3.75. The summed E-state index contributed by atoms with van der Waals surface area (Å²) in [7, 11) is 2.04. The van der Waals surface area contributed by atoms with E-state index in [4.69, 9.17) is 49.4 Å². The van der Waals surface area contributed by atoms with Gasteiger partial charge >= 0.3 is 0 Å².